The largest absolute Gasteiger partial charge is 0.508 e. The molecule has 0 aliphatic heterocycles. The van der Waals surface area contributed by atoms with E-state index >= 15 is 0 Å². The smallest absolute Gasteiger partial charge is 0.325 e. The van der Waals surface area contributed by atoms with Crippen molar-refractivity contribution in [2.75, 3.05) is 6.54 Å². The van der Waals surface area contributed by atoms with Crippen molar-refractivity contribution in [2.24, 2.45) is 45.7 Å². The number of guanidine groups is 1. The third kappa shape index (κ3) is 23.3. The summed E-state index contributed by atoms with van der Waals surface area (Å²) in [5.41, 5.74) is 23.0. The van der Waals surface area contributed by atoms with Gasteiger partial charge in [0.1, 0.15) is 54.1 Å². The van der Waals surface area contributed by atoms with Crippen LogP contribution in [0.2, 0.25) is 0 Å². The predicted molar refractivity (Wildman–Crippen MR) is 281 cm³/mol. The van der Waals surface area contributed by atoms with E-state index in [2.05, 4.69) is 57.5 Å². The van der Waals surface area contributed by atoms with Crippen LogP contribution in [0.15, 0.2) is 41.8 Å². The lowest BCUT2D eigenvalue weighted by molar-refractivity contribution is -0.142. The van der Waals surface area contributed by atoms with Crippen molar-refractivity contribution in [3.63, 3.8) is 0 Å². The van der Waals surface area contributed by atoms with Gasteiger partial charge in [-0.05, 0) is 61.6 Å². The normalized spacial score (nSPS) is 14.9. The first-order valence-corrected chi connectivity index (χ1v) is 25.2. The Balaban J connectivity index is 2.47. The number of carbonyl (C=O) groups excluding carboxylic acids is 9. The Morgan fingerprint density at radius 2 is 1.14 bits per heavy atom. The number of aliphatic imine (C=N–C) groups is 1. The summed E-state index contributed by atoms with van der Waals surface area (Å²) in [7, 11) is 0. The summed E-state index contributed by atoms with van der Waals surface area (Å²) in [6, 6.07) is -7.51. The number of aliphatic carboxylic acids is 2. The van der Waals surface area contributed by atoms with Gasteiger partial charge in [-0.2, -0.15) is 0 Å². The van der Waals surface area contributed by atoms with Crippen molar-refractivity contribution < 1.29 is 68.1 Å². The van der Waals surface area contributed by atoms with E-state index in [0.29, 0.717) is 11.3 Å². The van der Waals surface area contributed by atoms with Crippen molar-refractivity contribution in [3.05, 3.63) is 48.0 Å². The van der Waals surface area contributed by atoms with Crippen molar-refractivity contribution in [3.8, 4) is 5.75 Å². The molecule has 1 aromatic carbocycles. The maximum Gasteiger partial charge on any atom is 0.325 e. The summed E-state index contributed by atoms with van der Waals surface area (Å²) >= 11 is 0. The molecule has 10 atom stereocenters. The lowest BCUT2D eigenvalue weighted by Crippen LogP contribution is -2.62. The molecule has 0 saturated heterocycles. The molecule has 0 unspecified atom stereocenters. The summed E-state index contributed by atoms with van der Waals surface area (Å²) in [6.07, 6.45) is 0.984. The monoisotopic (exact) mass is 1100 g/mol. The summed E-state index contributed by atoms with van der Waals surface area (Å²) in [5.74, 6) is -13.2. The van der Waals surface area contributed by atoms with Crippen LogP contribution in [0.1, 0.15) is 98.2 Å². The highest BCUT2D eigenvalue weighted by Crippen LogP contribution is 2.15. The van der Waals surface area contributed by atoms with E-state index in [0.717, 1.165) is 0 Å². The molecule has 0 saturated carbocycles. The number of carboxylic acids is 2. The number of amides is 9. The second-order valence-corrected chi connectivity index (χ2v) is 19.6. The molecular formula is C49H77N15O14. The predicted octanol–water partition coefficient (Wildman–Crippen LogP) is -3.64. The number of imidazole rings is 1. The van der Waals surface area contributed by atoms with Crippen LogP contribution in [-0.4, -0.2) is 157 Å². The fourth-order valence-corrected chi connectivity index (χ4v) is 7.54. The number of hydrogen-bond acceptors (Lipinski definition) is 15. The third-order valence-corrected chi connectivity index (χ3v) is 12.1. The molecular weight excluding hydrogens is 1020 g/mol. The number of phenolic OH excluding ortho intramolecular Hbond substituents is 1. The number of phenols is 1. The number of nitrogens with two attached hydrogens (primary N) is 4. The van der Waals surface area contributed by atoms with Gasteiger partial charge in [-0.25, -0.2) is 4.98 Å². The van der Waals surface area contributed by atoms with Crippen LogP contribution < -0.4 is 65.5 Å². The van der Waals surface area contributed by atoms with Gasteiger partial charge in [-0.1, -0.05) is 60.1 Å². The van der Waals surface area contributed by atoms with Gasteiger partial charge >= 0.3 is 11.9 Å². The zero-order valence-electron chi connectivity index (χ0n) is 44.8. The van der Waals surface area contributed by atoms with Crippen LogP contribution >= 0.6 is 0 Å². The second kappa shape index (κ2) is 32.3. The second-order valence-electron chi connectivity index (χ2n) is 19.6. The number of nitrogens with one attached hydrogen (secondary N) is 9. The van der Waals surface area contributed by atoms with Crippen molar-refractivity contribution in [2.45, 2.75) is 154 Å². The van der Waals surface area contributed by atoms with Gasteiger partial charge in [0.15, 0.2) is 5.96 Å². The SMILES string of the molecule is CC[C@H](C)[C@H](NC(=O)[C@H](CC(N)=O)NC(=O)[C@H](CC(C)C)NC(=O)[C@H](Cc1ccc(O)cc1)NC(=O)[C@H](CCCN=C(N)N)NC(=O)[C@@H](N)CC(=O)O)C(=O)N[C@H](C(=O)N[C@@H](Cc1cnc[nH]1)C(=O)N[C@@H](C)C(=O)O)C(C)C. The summed E-state index contributed by atoms with van der Waals surface area (Å²) in [6.45, 7) is 11.2. The number of benzene rings is 1. The molecule has 0 spiro atoms. The Morgan fingerprint density at radius 1 is 0.628 bits per heavy atom. The highest BCUT2D eigenvalue weighted by Gasteiger charge is 2.37. The summed E-state index contributed by atoms with van der Waals surface area (Å²) in [5, 5.41) is 48.6. The van der Waals surface area contributed by atoms with Crippen LogP contribution in [0.25, 0.3) is 0 Å². The van der Waals surface area contributed by atoms with Crippen molar-refractivity contribution in [1.82, 2.24) is 52.5 Å². The molecule has 29 heteroatoms. The lowest BCUT2D eigenvalue weighted by atomic mass is 9.95. The number of primary amides is 1. The Labute approximate surface area is 450 Å². The molecule has 0 radical (unpaired) electrons. The maximum atomic E-state index is 14.4. The zero-order chi connectivity index (χ0) is 59.0. The van der Waals surface area contributed by atoms with Crippen LogP contribution in [-0.2, 0) is 65.6 Å². The number of carbonyl (C=O) groups is 11. The Kier molecular flexibility index (Phi) is 27.2. The van der Waals surface area contributed by atoms with Gasteiger partial charge < -0.3 is 85.8 Å². The van der Waals surface area contributed by atoms with Gasteiger partial charge in [0, 0.05) is 31.3 Å². The van der Waals surface area contributed by atoms with Crippen LogP contribution in [0.4, 0.5) is 0 Å². The Morgan fingerprint density at radius 3 is 1.68 bits per heavy atom. The minimum atomic E-state index is -1.75. The van der Waals surface area contributed by atoms with Gasteiger partial charge in [0.25, 0.3) is 0 Å². The number of carboxylic acid groups (broad SMARTS) is 2. The first kappa shape index (κ1) is 65.7. The van der Waals surface area contributed by atoms with Gasteiger partial charge in [-0.15, -0.1) is 0 Å². The van der Waals surface area contributed by atoms with E-state index in [1.807, 2.05) is 0 Å². The van der Waals surface area contributed by atoms with E-state index in [1.54, 1.807) is 41.5 Å². The number of hydrogen-bond donors (Lipinski definition) is 16. The van der Waals surface area contributed by atoms with E-state index < -0.39 is 144 Å². The number of H-pyrrole nitrogens is 1. The minimum absolute atomic E-state index is 0.0144. The van der Waals surface area contributed by atoms with Crippen LogP contribution in [0, 0.1) is 17.8 Å². The Hall–Kier alpha value is -8.37. The van der Waals surface area contributed by atoms with Crippen molar-refractivity contribution >= 4 is 71.1 Å². The van der Waals surface area contributed by atoms with Crippen molar-refractivity contribution in [1.29, 1.82) is 0 Å². The van der Waals surface area contributed by atoms with E-state index in [-0.39, 0.29) is 62.7 Å². The molecule has 1 heterocycles. The van der Waals surface area contributed by atoms with Crippen LogP contribution in [0.3, 0.4) is 0 Å². The molecule has 0 aliphatic carbocycles. The molecule has 20 N–H and O–H groups in total. The maximum absolute atomic E-state index is 14.4. The molecule has 0 bridgehead atoms. The molecule has 1 aromatic heterocycles. The quantitative estimate of drug-likeness (QED) is 0.0183. The molecule has 432 valence electrons. The summed E-state index contributed by atoms with van der Waals surface area (Å²) in [4.78, 5) is 157. The fourth-order valence-electron chi connectivity index (χ4n) is 7.54. The molecule has 2 rings (SSSR count). The lowest BCUT2D eigenvalue weighted by Gasteiger charge is -2.30. The van der Waals surface area contributed by atoms with Crippen LogP contribution in [0.5, 0.6) is 5.75 Å². The average molecular weight is 1100 g/mol. The number of rotatable bonds is 34. The zero-order valence-corrected chi connectivity index (χ0v) is 44.8. The van der Waals surface area contributed by atoms with Gasteiger partial charge in [0.2, 0.25) is 53.2 Å². The molecule has 29 nitrogen and oxygen atoms in total. The third-order valence-electron chi connectivity index (χ3n) is 12.1. The highest BCUT2D eigenvalue weighted by atomic mass is 16.4. The molecule has 0 aliphatic rings. The topological polar surface area (TPSA) is 490 Å². The van der Waals surface area contributed by atoms with E-state index in [1.165, 1.54) is 43.7 Å². The fraction of sp³-hybridized carbons (Fsp3) is 0.571. The molecule has 2 aromatic rings. The summed E-state index contributed by atoms with van der Waals surface area (Å²) < 4.78 is 0. The molecule has 78 heavy (non-hydrogen) atoms. The highest BCUT2D eigenvalue weighted by molar-refractivity contribution is 5.99. The number of aromatic nitrogens is 2. The first-order valence-electron chi connectivity index (χ1n) is 25.2. The Bertz CT molecular complexity index is 2410. The molecule has 9 amide bonds. The van der Waals surface area contributed by atoms with E-state index in [9.17, 15) is 68.1 Å². The van der Waals surface area contributed by atoms with Gasteiger partial charge in [0.05, 0.1) is 25.2 Å². The number of nitrogens with zero attached hydrogens (tertiary/aromatic N) is 2. The first-order chi connectivity index (χ1) is 36.5. The number of aromatic amines is 1. The van der Waals surface area contributed by atoms with E-state index in [4.69, 9.17) is 22.9 Å². The average Bonchev–Trinajstić information content (AvgIpc) is 3.87. The number of aromatic hydroxyl groups is 1. The molecule has 0 fully saturated rings. The standard InChI is InChI=1S/C49H77N15O14/c1-8-25(6)39(47(76)63-38(24(4)5)46(75)62-34(18-28-21-54-22-56-28)42(71)57-26(7)48(77)78)64-45(74)35(20-36(51)66)61-43(72)32(16-23(2)3)59-44(73)33(17-27-11-13-29(65)14-12-27)60-41(70)31(10-9-15-55-49(52)53)58-40(69)30(50)19-37(67)68/h11-14,21-26,30-35,38-39,65H,8-10,15-20,50H2,1-7H3,(H2,51,66)(H,54,56)(H,57,71)(H,58,69)(H,59,73)(H,60,70)(H,61,72)(H,62,75)(H,63,76)(H,64,74)(H,67,68)(H,77,78)(H4,52,53,55)/t25-,26-,30-,31-,32-,33-,34-,35-,38-,39-/m0/s1. The minimum Gasteiger partial charge on any atom is -0.508 e. The van der Waals surface area contributed by atoms with Gasteiger partial charge in [-0.3, -0.25) is 57.7 Å².